The third kappa shape index (κ3) is 2.66. The molecule has 25 heavy (non-hydrogen) atoms. The molecule has 3 aromatic rings. The van der Waals surface area contributed by atoms with Crippen LogP contribution >= 0.6 is 0 Å². The van der Waals surface area contributed by atoms with Crippen molar-refractivity contribution in [1.29, 1.82) is 0 Å². The van der Waals surface area contributed by atoms with Crippen molar-refractivity contribution in [3.63, 3.8) is 0 Å². The molecule has 1 spiro atoms. The minimum Gasteiger partial charge on any atom is -0.305 e. The Bertz CT molecular complexity index is 890. The fourth-order valence-corrected chi connectivity index (χ4v) is 4.70. The molecule has 0 radical (unpaired) electrons. The van der Waals surface area contributed by atoms with Gasteiger partial charge in [-0.2, -0.15) is 0 Å². The van der Waals surface area contributed by atoms with Crippen LogP contribution in [0.15, 0.2) is 54.9 Å². The van der Waals surface area contributed by atoms with Gasteiger partial charge < -0.3 is 4.90 Å². The van der Waals surface area contributed by atoms with Crippen LogP contribution in [0, 0.1) is 5.41 Å². The van der Waals surface area contributed by atoms with E-state index in [4.69, 9.17) is 0 Å². The third-order valence-corrected chi connectivity index (χ3v) is 5.80. The number of para-hydroxylation sites is 2. The van der Waals surface area contributed by atoms with Gasteiger partial charge in [0, 0.05) is 37.3 Å². The van der Waals surface area contributed by atoms with E-state index in [9.17, 15) is 0 Å². The van der Waals surface area contributed by atoms with Gasteiger partial charge >= 0.3 is 0 Å². The van der Waals surface area contributed by atoms with E-state index in [0.717, 1.165) is 17.6 Å². The molecule has 3 heterocycles. The van der Waals surface area contributed by atoms with Crippen LogP contribution in [0.5, 0.6) is 0 Å². The lowest BCUT2D eigenvalue weighted by molar-refractivity contribution is 0.0301. The molecule has 0 atom stereocenters. The zero-order valence-corrected chi connectivity index (χ0v) is 14.7. The number of nitrogens with zero attached hydrogens (tertiary/aromatic N) is 4. The van der Waals surface area contributed by atoms with Crippen molar-refractivity contribution in [3.05, 3.63) is 60.4 Å². The van der Waals surface area contributed by atoms with Crippen LogP contribution in [0.4, 0.5) is 0 Å². The first kappa shape index (κ1) is 15.1. The lowest BCUT2D eigenvalue weighted by atomic mass is 9.79. The average Bonchev–Trinajstić information content (AvgIpc) is 3.20. The molecule has 2 fully saturated rings. The van der Waals surface area contributed by atoms with Gasteiger partial charge in [0.2, 0.25) is 0 Å². The molecular formula is C21H24N4. The number of rotatable bonds is 3. The minimum atomic E-state index is 0.588. The average molecular weight is 332 g/mol. The van der Waals surface area contributed by atoms with Crippen molar-refractivity contribution >= 4 is 11.0 Å². The van der Waals surface area contributed by atoms with E-state index in [-0.39, 0.29) is 0 Å². The molecule has 2 saturated heterocycles. The quantitative estimate of drug-likeness (QED) is 0.736. The molecule has 128 valence electrons. The molecule has 4 nitrogen and oxygen atoms in total. The molecule has 5 rings (SSSR count). The van der Waals surface area contributed by atoms with Crippen LogP contribution in [0.1, 0.15) is 12.0 Å². The van der Waals surface area contributed by atoms with Gasteiger partial charge in [-0.25, -0.2) is 4.98 Å². The topological polar surface area (TPSA) is 24.3 Å². The summed E-state index contributed by atoms with van der Waals surface area (Å²) in [5.74, 6) is 0. The van der Waals surface area contributed by atoms with E-state index >= 15 is 0 Å². The Hall–Kier alpha value is -2.17. The van der Waals surface area contributed by atoms with E-state index in [1.807, 2.05) is 12.4 Å². The number of hydrogen-bond donors (Lipinski definition) is 0. The lowest BCUT2D eigenvalue weighted by Crippen LogP contribution is -2.55. The zero-order chi connectivity index (χ0) is 16.9. The highest BCUT2D eigenvalue weighted by atomic mass is 15.3. The highest BCUT2D eigenvalue weighted by Crippen LogP contribution is 2.39. The number of hydrogen-bond acceptors (Lipinski definition) is 3. The Labute approximate surface area is 148 Å². The van der Waals surface area contributed by atoms with E-state index in [1.54, 1.807) is 0 Å². The summed E-state index contributed by atoms with van der Waals surface area (Å²) in [5.41, 5.74) is 5.36. The van der Waals surface area contributed by atoms with E-state index < -0.39 is 0 Å². The number of benzene rings is 2. The second-order valence-electron chi connectivity index (χ2n) is 7.90. The number of aromatic nitrogens is 2. The largest absolute Gasteiger partial charge is 0.305 e. The van der Waals surface area contributed by atoms with Gasteiger partial charge in [-0.3, -0.25) is 9.47 Å². The van der Waals surface area contributed by atoms with Gasteiger partial charge in [-0.05, 0) is 49.8 Å². The monoisotopic (exact) mass is 332 g/mol. The van der Waals surface area contributed by atoms with Gasteiger partial charge in [-0.1, -0.05) is 24.3 Å². The first-order valence-corrected chi connectivity index (χ1v) is 9.13. The van der Waals surface area contributed by atoms with Crippen LogP contribution < -0.4 is 0 Å². The molecule has 0 unspecified atom stereocenters. The predicted molar refractivity (Wildman–Crippen MR) is 101 cm³/mol. The first-order valence-electron chi connectivity index (χ1n) is 9.13. The molecule has 2 aliphatic heterocycles. The van der Waals surface area contributed by atoms with Crippen molar-refractivity contribution in [1.82, 2.24) is 19.4 Å². The highest BCUT2D eigenvalue weighted by Gasteiger charge is 2.45. The Kier molecular flexibility index (Phi) is 3.43. The van der Waals surface area contributed by atoms with Gasteiger partial charge in [-0.15, -0.1) is 0 Å². The Morgan fingerprint density at radius 3 is 2.60 bits per heavy atom. The Morgan fingerprint density at radius 2 is 1.80 bits per heavy atom. The molecule has 0 saturated carbocycles. The molecular weight excluding hydrogens is 308 g/mol. The van der Waals surface area contributed by atoms with E-state index in [0.29, 0.717) is 5.41 Å². The number of imidazole rings is 1. The lowest BCUT2D eigenvalue weighted by Gasteiger charge is -2.46. The van der Waals surface area contributed by atoms with Crippen LogP contribution in [-0.4, -0.2) is 52.6 Å². The molecule has 1 aromatic heterocycles. The normalized spacial score (nSPS) is 20.4. The van der Waals surface area contributed by atoms with Crippen LogP contribution in [0.2, 0.25) is 0 Å². The molecule has 2 aromatic carbocycles. The third-order valence-electron chi connectivity index (χ3n) is 5.80. The van der Waals surface area contributed by atoms with Crippen molar-refractivity contribution in [2.24, 2.45) is 5.41 Å². The molecule has 0 bridgehead atoms. The highest BCUT2D eigenvalue weighted by molar-refractivity contribution is 5.77. The van der Waals surface area contributed by atoms with Crippen LogP contribution in [0.3, 0.4) is 0 Å². The van der Waals surface area contributed by atoms with Gasteiger partial charge in [0.25, 0.3) is 0 Å². The van der Waals surface area contributed by atoms with E-state index in [2.05, 4.69) is 68.9 Å². The number of fused-ring (bicyclic) bond motifs is 1. The van der Waals surface area contributed by atoms with Crippen LogP contribution in [-0.2, 0) is 6.54 Å². The molecule has 4 heteroatoms. The summed E-state index contributed by atoms with van der Waals surface area (Å²) in [6.07, 6.45) is 3.27. The van der Waals surface area contributed by atoms with Gasteiger partial charge in [0.05, 0.1) is 11.0 Å². The summed E-state index contributed by atoms with van der Waals surface area (Å²) in [6.45, 7) is 6.11. The van der Waals surface area contributed by atoms with Gasteiger partial charge in [0.15, 0.2) is 0 Å². The minimum absolute atomic E-state index is 0.588. The standard InChI is InChI=1S/C21H24N4/c1-23-13-21(14-23)10-11-24(15-21)12-17-6-8-18(9-7-17)25-16-22-19-4-2-3-5-20(19)25/h2-9,16H,10-15H2,1H3. The Morgan fingerprint density at radius 1 is 1.00 bits per heavy atom. The SMILES string of the molecule is CN1CC2(CCN(Cc3ccc(-n4cnc5ccccc54)cc3)C2)C1. The first-order chi connectivity index (χ1) is 12.2. The molecule has 0 N–H and O–H groups in total. The fourth-order valence-electron chi connectivity index (χ4n) is 4.70. The zero-order valence-electron chi connectivity index (χ0n) is 14.7. The summed E-state index contributed by atoms with van der Waals surface area (Å²) in [7, 11) is 2.23. The van der Waals surface area contributed by atoms with Crippen molar-refractivity contribution in [2.45, 2.75) is 13.0 Å². The maximum atomic E-state index is 4.49. The van der Waals surface area contributed by atoms with Gasteiger partial charge in [0.1, 0.15) is 6.33 Å². The molecule has 0 amide bonds. The van der Waals surface area contributed by atoms with Crippen molar-refractivity contribution in [2.75, 3.05) is 33.2 Å². The summed E-state index contributed by atoms with van der Waals surface area (Å²) in [4.78, 5) is 9.55. The van der Waals surface area contributed by atoms with Crippen LogP contribution in [0.25, 0.3) is 16.7 Å². The second kappa shape index (κ2) is 5.68. The summed E-state index contributed by atoms with van der Waals surface area (Å²) in [5, 5.41) is 0. The molecule has 0 aliphatic carbocycles. The maximum absolute atomic E-state index is 4.49. The summed E-state index contributed by atoms with van der Waals surface area (Å²) < 4.78 is 2.16. The Balaban J connectivity index is 1.31. The predicted octanol–water partition coefficient (Wildman–Crippen LogP) is 3.16. The second-order valence-corrected chi connectivity index (χ2v) is 7.90. The van der Waals surface area contributed by atoms with Crippen molar-refractivity contribution < 1.29 is 0 Å². The van der Waals surface area contributed by atoms with Crippen molar-refractivity contribution in [3.8, 4) is 5.69 Å². The summed E-state index contributed by atoms with van der Waals surface area (Å²) in [6, 6.07) is 17.2. The fraction of sp³-hybridized carbons (Fsp3) is 0.381. The maximum Gasteiger partial charge on any atom is 0.100 e. The number of likely N-dealkylation sites (tertiary alicyclic amines) is 2. The summed E-state index contributed by atoms with van der Waals surface area (Å²) >= 11 is 0. The smallest absolute Gasteiger partial charge is 0.100 e. The molecule has 2 aliphatic rings. The van der Waals surface area contributed by atoms with E-state index in [1.165, 1.54) is 43.9 Å².